The fourth-order valence-electron chi connectivity index (χ4n) is 3.84. The van der Waals surface area contributed by atoms with E-state index in [1.165, 1.54) is 11.3 Å². The summed E-state index contributed by atoms with van der Waals surface area (Å²) in [5.74, 6) is -2.80. The molecule has 4 rings (SSSR count). The summed E-state index contributed by atoms with van der Waals surface area (Å²) in [6.45, 7) is 0.698. The molecule has 0 aromatic carbocycles. The molecule has 2 atom stereocenters. The zero-order valence-corrected chi connectivity index (χ0v) is 16.1. The lowest BCUT2D eigenvalue weighted by molar-refractivity contribution is -0.146. The number of rotatable bonds is 4. The lowest BCUT2D eigenvalue weighted by Gasteiger charge is -2.26. The summed E-state index contributed by atoms with van der Waals surface area (Å²) in [6.07, 6.45) is -0.469. The second-order valence-corrected chi connectivity index (χ2v) is 8.22. The number of aromatic nitrogens is 2. The van der Waals surface area contributed by atoms with Gasteiger partial charge in [0.1, 0.15) is 11.3 Å². The van der Waals surface area contributed by atoms with Gasteiger partial charge in [0.2, 0.25) is 5.91 Å². The highest BCUT2D eigenvalue weighted by atomic mass is 32.1. The average Bonchev–Trinajstić information content (AvgIpc) is 3.32. The first-order valence-corrected chi connectivity index (χ1v) is 10.1. The molecule has 2 aromatic heterocycles. The first-order chi connectivity index (χ1) is 13.9. The lowest BCUT2D eigenvalue weighted by atomic mass is 9.79. The molecule has 1 amide bonds. The largest absolute Gasteiger partial charge is 0.455 e. The third kappa shape index (κ3) is 3.93. The third-order valence-electron chi connectivity index (χ3n) is 5.28. The number of amides is 1. The van der Waals surface area contributed by atoms with Crippen LogP contribution < -0.4 is 5.32 Å². The Balaban J connectivity index is 1.68. The van der Waals surface area contributed by atoms with Gasteiger partial charge in [0.15, 0.2) is 0 Å². The number of carbonyl (C=O) groups is 2. The quantitative estimate of drug-likeness (QED) is 0.743. The Labute approximate surface area is 167 Å². The second-order valence-electron chi connectivity index (χ2n) is 7.11. The number of hydrogen-bond acceptors (Lipinski definition) is 7. The van der Waals surface area contributed by atoms with Crippen LogP contribution in [0.3, 0.4) is 0 Å². The summed E-state index contributed by atoms with van der Waals surface area (Å²) in [4.78, 5) is 28.5. The Morgan fingerprint density at radius 3 is 2.79 bits per heavy atom. The first-order valence-electron chi connectivity index (χ1n) is 9.28. The number of nitrogens with one attached hydrogen (secondary N) is 1. The maximum absolute atomic E-state index is 12.9. The van der Waals surface area contributed by atoms with Crippen molar-refractivity contribution in [3.05, 3.63) is 16.3 Å². The van der Waals surface area contributed by atoms with Crippen LogP contribution in [0.5, 0.6) is 0 Å². The maximum Gasteiger partial charge on any atom is 0.455 e. The van der Waals surface area contributed by atoms with Gasteiger partial charge >= 0.3 is 6.18 Å². The number of anilines is 1. The Morgan fingerprint density at radius 2 is 2.07 bits per heavy atom. The molecule has 2 unspecified atom stereocenters. The standard InChI is InChI=1S/C18H18F3N3O4S/c19-18(20,21)17-23-15(28-24-17)13-11-5-6-27-8-12(11)29-16(13)22-14(26)10-4-2-1-3-9(10)7-25/h7,9-10H,1-6,8H2,(H,22,26). The number of ether oxygens (including phenoxy) is 1. The molecule has 29 heavy (non-hydrogen) atoms. The van der Waals surface area contributed by atoms with E-state index < -0.39 is 17.9 Å². The van der Waals surface area contributed by atoms with Gasteiger partial charge < -0.3 is 19.4 Å². The maximum atomic E-state index is 12.9. The van der Waals surface area contributed by atoms with E-state index in [9.17, 15) is 22.8 Å². The monoisotopic (exact) mass is 429 g/mol. The van der Waals surface area contributed by atoms with Crippen LogP contribution in [0.1, 0.15) is 41.9 Å². The number of halogens is 3. The Morgan fingerprint density at radius 1 is 1.28 bits per heavy atom. The molecule has 0 bridgehead atoms. The van der Waals surface area contributed by atoms with Crippen molar-refractivity contribution in [3.63, 3.8) is 0 Å². The van der Waals surface area contributed by atoms with Crippen molar-refractivity contribution in [2.24, 2.45) is 11.8 Å². The summed E-state index contributed by atoms with van der Waals surface area (Å²) in [7, 11) is 0. The molecule has 11 heteroatoms. The van der Waals surface area contributed by atoms with Crippen LogP contribution in [0.2, 0.25) is 0 Å². The van der Waals surface area contributed by atoms with Gasteiger partial charge in [0.25, 0.3) is 11.7 Å². The van der Waals surface area contributed by atoms with Gasteiger partial charge in [-0.15, -0.1) is 11.3 Å². The lowest BCUT2D eigenvalue weighted by Crippen LogP contribution is -2.32. The zero-order valence-electron chi connectivity index (χ0n) is 15.3. The number of hydrogen-bond donors (Lipinski definition) is 1. The molecule has 1 aliphatic heterocycles. The Kier molecular flexibility index (Phi) is 5.43. The van der Waals surface area contributed by atoms with E-state index in [2.05, 4.69) is 15.5 Å². The van der Waals surface area contributed by atoms with Gasteiger partial charge in [0, 0.05) is 16.7 Å². The van der Waals surface area contributed by atoms with Crippen molar-refractivity contribution < 1.29 is 32.0 Å². The molecule has 1 N–H and O–H groups in total. The number of fused-ring (bicyclic) bond motifs is 1. The van der Waals surface area contributed by atoms with Crippen molar-refractivity contribution in [2.45, 2.75) is 44.9 Å². The van der Waals surface area contributed by atoms with Gasteiger partial charge in [0.05, 0.1) is 18.8 Å². The summed E-state index contributed by atoms with van der Waals surface area (Å²) >= 11 is 1.22. The van der Waals surface area contributed by atoms with E-state index >= 15 is 0 Å². The summed E-state index contributed by atoms with van der Waals surface area (Å²) < 4.78 is 49.0. The van der Waals surface area contributed by atoms with Crippen LogP contribution in [0.15, 0.2) is 4.52 Å². The number of aldehydes is 1. The van der Waals surface area contributed by atoms with Crippen LogP contribution >= 0.6 is 11.3 Å². The number of thiophene rings is 1. The van der Waals surface area contributed by atoms with Crippen LogP contribution in [0.25, 0.3) is 11.5 Å². The molecule has 156 valence electrons. The van der Waals surface area contributed by atoms with Crippen molar-refractivity contribution in [1.29, 1.82) is 0 Å². The van der Waals surface area contributed by atoms with E-state index in [-0.39, 0.29) is 17.7 Å². The predicted molar refractivity (Wildman–Crippen MR) is 96.1 cm³/mol. The van der Waals surface area contributed by atoms with Crippen LogP contribution in [-0.2, 0) is 33.5 Å². The highest BCUT2D eigenvalue weighted by Gasteiger charge is 2.39. The minimum absolute atomic E-state index is 0.289. The smallest absolute Gasteiger partial charge is 0.376 e. The molecule has 1 fully saturated rings. The molecule has 0 saturated heterocycles. The van der Waals surface area contributed by atoms with E-state index in [1.54, 1.807) is 0 Å². The predicted octanol–water partition coefficient (Wildman–Crippen LogP) is 3.83. The van der Waals surface area contributed by atoms with E-state index in [0.29, 0.717) is 43.0 Å². The minimum Gasteiger partial charge on any atom is -0.376 e. The zero-order chi connectivity index (χ0) is 20.6. The fraction of sp³-hybridized carbons (Fsp3) is 0.556. The SMILES string of the molecule is O=CC1CCCCC1C(=O)Nc1sc2c(c1-c1nc(C(F)(F)F)no1)CCOC2. The Hall–Kier alpha value is -2.27. The van der Waals surface area contributed by atoms with Crippen molar-refractivity contribution in [3.8, 4) is 11.5 Å². The van der Waals surface area contributed by atoms with E-state index in [0.717, 1.165) is 29.6 Å². The molecular formula is C18H18F3N3O4S. The van der Waals surface area contributed by atoms with Gasteiger partial charge in [-0.3, -0.25) is 4.79 Å². The van der Waals surface area contributed by atoms with E-state index in [1.807, 2.05) is 0 Å². The highest BCUT2D eigenvalue weighted by molar-refractivity contribution is 7.17. The molecule has 0 radical (unpaired) electrons. The summed E-state index contributed by atoms with van der Waals surface area (Å²) in [5, 5.41) is 6.18. The normalized spacial score (nSPS) is 22.2. The fourth-order valence-corrected chi connectivity index (χ4v) is 5.02. The number of carbonyl (C=O) groups excluding carboxylic acids is 2. The van der Waals surface area contributed by atoms with Crippen molar-refractivity contribution in [1.82, 2.24) is 10.1 Å². The number of nitrogens with zero attached hydrogens (tertiary/aromatic N) is 2. The van der Waals surface area contributed by atoms with Gasteiger partial charge in [-0.1, -0.05) is 18.0 Å². The average molecular weight is 429 g/mol. The topological polar surface area (TPSA) is 94.3 Å². The van der Waals surface area contributed by atoms with E-state index in [4.69, 9.17) is 9.26 Å². The van der Waals surface area contributed by atoms with Gasteiger partial charge in [-0.2, -0.15) is 18.2 Å². The molecule has 7 nitrogen and oxygen atoms in total. The second kappa shape index (κ2) is 7.86. The van der Waals surface area contributed by atoms with Gasteiger partial charge in [-0.25, -0.2) is 0 Å². The highest BCUT2D eigenvalue weighted by Crippen LogP contribution is 2.44. The number of alkyl halides is 3. The van der Waals surface area contributed by atoms with Gasteiger partial charge in [-0.05, 0) is 24.8 Å². The molecule has 3 heterocycles. The third-order valence-corrected chi connectivity index (χ3v) is 6.40. The first kappa shape index (κ1) is 20.0. The van der Waals surface area contributed by atoms with Crippen molar-refractivity contribution in [2.75, 3.05) is 11.9 Å². The summed E-state index contributed by atoms with van der Waals surface area (Å²) in [6, 6.07) is 0. The minimum atomic E-state index is -4.73. The Bertz CT molecular complexity index is 924. The summed E-state index contributed by atoms with van der Waals surface area (Å²) in [5.41, 5.74) is 1.05. The molecule has 0 spiro atoms. The van der Waals surface area contributed by atoms with Crippen LogP contribution in [-0.4, -0.2) is 28.9 Å². The van der Waals surface area contributed by atoms with Crippen LogP contribution in [0, 0.1) is 11.8 Å². The molecule has 2 aromatic rings. The van der Waals surface area contributed by atoms with Crippen molar-refractivity contribution >= 4 is 28.5 Å². The van der Waals surface area contributed by atoms with Crippen LogP contribution in [0.4, 0.5) is 18.2 Å². The molecular weight excluding hydrogens is 411 g/mol. The molecule has 2 aliphatic rings. The molecule has 1 saturated carbocycles. The molecule has 1 aliphatic carbocycles.